The number of nitriles is 1. The summed E-state index contributed by atoms with van der Waals surface area (Å²) < 4.78 is 0. The molecule has 3 fully saturated rings. The van der Waals surface area contributed by atoms with Gasteiger partial charge < -0.3 is 0 Å². The van der Waals surface area contributed by atoms with Gasteiger partial charge in [-0.3, -0.25) is 4.79 Å². The minimum absolute atomic E-state index is 0.204. The van der Waals surface area contributed by atoms with Gasteiger partial charge in [-0.05, 0) is 74.5 Å². The van der Waals surface area contributed by atoms with Crippen LogP contribution in [0.15, 0.2) is 0 Å². The Morgan fingerprint density at radius 3 is 2.08 bits per heavy atom. The highest BCUT2D eigenvalue weighted by Crippen LogP contribution is 2.55. The lowest BCUT2D eigenvalue weighted by Gasteiger charge is -2.49. The van der Waals surface area contributed by atoms with Crippen molar-refractivity contribution in [3.63, 3.8) is 0 Å². The van der Waals surface area contributed by atoms with Crippen LogP contribution < -0.4 is 0 Å². The summed E-state index contributed by atoms with van der Waals surface area (Å²) in [5.74, 6) is 2.64. The van der Waals surface area contributed by atoms with Crippen LogP contribution in [0.1, 0.15) is 91.4 Å². The van der Waals surface area contributed by atoms with Crippen LogP contribution >= 0.6 is 0 Å². The first-order valence-corrected chi connectivity index (χ1v) is 10.3. The van der Waals surface area contributed by atoms with Gasteiger partial charge in [-0.1, -0.05) is 33.6 Å². The van der Waals surface area contributed by atoms with Crippen molar-refractivity contribution in [2.24, 2.45) is 34.5 Å². The Hall–Kier alpha value is -0.840. The average Bonchev–Trinajstić information content (AvgIpc) is 2.60. The number of hydrogen-bond acceptors (Lipinski definition) is 2. The van der Waals surface area contributed by atoms with E-state index in [2.05, 4.69) is 26.8 Å². The van der Waals surface area contributed by atoms with Gasteiger partial charge in [-0.15, -0.1) is 0 Å². The van der Waals surface area contributed by atoms with Crippen molar-refractivity contribution in [2.45, 2.75) is 91.4 Å². The molecule has 0 saturated heterocycles. The molecule has 134 valence electrons. The van der Waals surface area contributed by atoms with Crippen LogP contribution in [0.4, 0.5) is 0 Å². The Morgan fingerprint density at radius 2 is 1.54 bits per heavy atom. The molecule has 24 heavy (non-hydrogen) atoms. The summed E-state index contributed by atoms with van der Waals surface area (Å²) in [6.07, 6.45) is 12.7. The highest BCUT2D eigenvalue weighted by molar-refractivity contribution is 5.81. The van der Waals surface area contributed by atoms with E-state index in [-0.39, 0.29) is 11.3 Å². The van der Waals surface area contributed by atoms with Crippen molar-refractivity contribution in [1.29, 1.82) is 5.26 Å². The molecular weight excluding hydrogens is 294 g/mol. The van der Waals surface area contributed by atoms with Crippen molar-refractivity contribution in [1.82, 2.24) is 0 Å². The number of carbonyl (C=O) groups excluding carboxylic acids is 1. The molecule has 0 spiro atoms. The van der Waals surface area contributed by atoms with E-state index in [0.717, 1.165) is 37.5 Å². The third kappa shape index (κ3) is 3.29. The quantitative estimate of drug-likeness (QED) is 0.632. The van der Waals surface area contributed by atoms with Crippen LogP contribution in [0.25, 0.3) is 0 Å². The van der Waals surface area contributed by atoms with Crippen LogP contribution in [0.2, 0.25) is 0 Å². The molecule has 0 aliphatic heterocycles. The monoisotopic (exact) mass is 329 g/mol. The van der Waals surface area contributed by atoms with Crippen molar-refractivity contribution < 1.29 is 4.79 Å². The van der Waals surface area contributed by atoms with Gasteiger partial charge in [0.2, 0.25) is 0 Å². The average molecular weight is 330 g/mol. The minimum Gasteiger partial charge on any atom is -0.299 e. The Balaban J connectivity index is 1.64. The summed E-state index contributed by atoms with van der Waals surface area (Å²) in [7, 11) is 0. The molecule has 0 heterocycles. The second kappa shape index (κ2) is 6.81. The summed E-state index contributed by atoms with van der Waals surface area (Å²) in [6.45, 7) is 6.95. The van der Waals surface area contributed by atoms with Crippen LogP contribution in [-0.4, -0.2) is 5.78 Å². The lowest BCUT2D eigenvalue weighted by molar-refractivity contribution is -0.127. The molecule has 3 saturated carbocycles. The number of Topliss-reactive ketones (excluding diaryl/α,β-unsaturated/α-hetero) is 1. The van der Waals surface area contributed by atoms with E-state index in [0.29, 0.717) is 23.5 Å². The Bertz CT molecular complexity index is 501. The molecule has 3 aliphatic carbocycles. The fourth-order valence-corrected chi connectivity index (χ4v) is 5.90. The molecule has 0 radical (unpaired) electrons. The summed E-state index contributed by atoms with van der Waals surface area (Å²) in [6, 6.07) is 2.71. The van der Waals surface area contributed by atoms with E-state index in [1.807, 2.05) is 0 Å². The highest BCUT2D eigenvalue weighted by Gasteiger charge is 2.48. The zero-order valence-corrected chi connectivity index (χ0v) is 15.9. The first kappa shape index (κ1) is 18.0. The molecular formula is C22H35NO. The molecule has 2 atom stereocenters. The number of hydrogen-bond donors (Lipinski definition) is 0. The highest BCUT2D eigenvalue weighted by atomic mass is 16.1. The molecule has 3 aliphatic rings. The van der Waals surface area contributed by atoms with E-state index in [1.54, 1.807) is 0 Å². The van der Waals surface area contributed by atoms with E-state index >= 15 is 0 Å². The third-order valence-electron chi connectivity index (χ3n) is 8.23. The molecule has 0 bridgehead atoms. The second-order valence-corrected chi connectivity index (χ2v) is 9.72. The summed E-state index contributed by atoms with van der Waals surface area (Å²) in [5.41, 5.74) is 0.301. The number of carbonyl (C=O) groups is 1. The lowest BCUT2D eigenvalue weighted by Crippen LogP contribution is -2.42. The van der Waals surface area contributed by atoms with Gasteiger partial charge in [0, 0.05) is 12.3 Å². The molecule has 0 N–H and O–H groups in total. The van der Waals surface area contributed by atoms with Gasteiger partial charge in [0.05, 0.1) is 11.5 Å². The molecule has 0 amide bonds. The second-order valence-electron chi connectivity index (χ2n) is 9.72. The summed E-state index contributed by atoms with van der Waals surface area (Å²) >= 11 is 0. The predicted octanol–water partition coefficient (Wildman–Crippen LogP) is 5.91. The van der Waals surface area contributed by atoms with Crippen LogP contribution in [0, 0.1) is 45.8 Å². The molecule has 2 heteroatoms. The zero-order chi connectivity index (χ0) is 17.4. The van der Waals surface area contributed by atoms with Gasteiger partial charge in [0.1, 0.15) is 5.78 Å². The first-order chi connectivity index (χ1) is 11.4. The molecule has 2 nitrogen and oxygen atoms in total. The molecule has 2 unspecified atom stereocenters. The van der Waals surface area contributed by atoms with Gasteiger partial charge in [0.15, 0.2) is 0 Å². The van der Waals surface area contributed by atoms with E-state index in [1.165, 1.54) is 38.5 Å². The third-order valence-corrected chi connectivity index (χ3v) is 8.23. The number of rotatable bonds is 2. The van der Waals surface area contributed by atoms with Crippen molar-refractivity contribution in [2.75, 3.05) is 0 Å². The molecule has 0 aromatic carbocycles. The fourth-order valence-electron chi connectivity index (χ4n) is 5.90. The van der Waals surface area contributed by atoms with Gasteiger partial charge >= 0.3 is 0 Å². The van der Waals surface area contributed by atoms with Gasteiger partial charge in [-0.2, -0.15) is 5.26 Å². The van der Waals surface area contributed by atoms with E-state index in [9.17, 15) is 10.1 Å². The van der Waals surface area contributed by atoms with Crippen molar-refractivity contribution >= 4 is 5.78 Å². The van der Waals surface area contributed by atoms with Gasteiger partial charge in [-0.25, -0.2) is 0 Å². The molecule has 0 aromatic rings. The topological polar surface area (TPSA) is 40.9 Å². The normalized spacial score (nSPS) is 47.2. The van der Waals surface area contributed by atoms with Crippen LogP contribution in [0.5, 0.6) is 0 Å². The Kier molecular flexibility index (Phi) is 5.10. The summed E-state index contributed by atoms with van der Waals surface area (Å²) in [4.78, 5) is 12.2. The maximum absolute atomic E-state index is 12.2. The summed E-state index contributed by atoms with van der Waals surface area (Å²) in [5, 5.41) is 9.98. The maximum Gasteiger partial charge on any atom is 0.136 e. The van der Waals surface area contributed by atoms with E-state index < -0.39 is 0 Å². The minimum atomic E-state index is -0.204. The Morgan fingerprint density at radius 1 is 0.917 bits per heavy atom. The standard InChI is InChI=1S/C22H35NO/c1-16-6-10-21(3,11-7-16)18-8-12-22(15-23,13-9-18)19-5-4-17(2)20(24)14-19/h16-19H,4-14H2,1-3H3. The smallest absolute Gasteiger partial charge is 0.136 e. The van der Waals surface area contributed by atoms with Crippen molar-refractivity contribution in [3.05, 3.63) is 0 Å². The molecule has 0 aromatic heterocycles. The maximum atomic E-state index is 12.2. The van der Waals surface area contributed by atoms with E-state index in [4.69, 9.17) is 0 Å². The zero-order valence-electron chi connectivity index (χ0n) is 15.9. The largest absolute Gasteiger partial charge is 0.299 e. The predicted molar refractivity (Wildman–Crippen MR) is 97.3 cm³/mol. The van der Waals surface area contributed by atoms with Crippen LogP contribution in [-0.2, 0) is 4.79 Å². The number of nitrogens with zero attached hydrogens (tertiary/aromatic N) is 1. The van der Waals surface area contributed by atoms with Gasteiger partial charge in [0.25, 0.3) is 0 Å². The first-order valence-electron chi connectivity index (χ1n) is 10.3. The van der Waals surface area contributed by atoms with Crippen LogP contribution in [0.3, 0.4) is 0 Å². The molecule has 3 rings (SSSR count). The Labute approximate surface area is 148 Å². The SMILES string of the molecule is CC1CCC(C)(C2CCC(C#N)(C3CCC(C)C(=O)C3)CC2)CC1. The van der Waals surface area contributed by atoms with Crippen molar-refractivity contribution in [3.8, 4) is 6.07 Å². The lowest BCUT2D eigenvalue weighted by atomic mass is 9.54. The fraction of sp³-hybridized carbons (Fsp3) is 0.909. The number of ketones is 1.